The van der Waals surface area contributed by atoms with Gasteiger partial charge in [-0.15, -0.1) is 0 Å². The van der Waals surface area contributed by atoms with Gasteiger partial charge >= 0.3 is 8.60 Å². The average molecular weight is 971 g/mol. The van der Waals surface area contributed by atoms with Crippen molar-refractivity contribution in [2.24, 2.45) is 4.99 Å². The molecule has 0 aromatic heterocycles. The van der Waals surface area contributed by atoms with Gasteiger partial charge in [0.1, 0.15) is 12.6 Å². The van der Waals surface area contributed by atoms with Crippen LogP contribution >= 0.6 is 8.60 Å². The molecule has 1 aliphatic carbocycles. The Morgan fingerprint density at radius 1 is 0.576 bits per heavy atom. The minimum atomic E-state index is -2.48. The Morgan fingerprint density at radius 3 is 1.58 bits per heavy atom. The summed E-state index contributed by atoms with van der Waals surface area (Å²) in [5.74, 6) is 2.12. The van der Waals surface area contributed by atoms with E-state index in [0.29, 0.717) is 25.3 Å². The monoisotopic (exact) mass is 971 g/mol. The van der Waals surface area contributed by atoms with E-state index in [1.54, 1.807) is 0 Å². The molecule has 7 aromatic carbocycles. The van der Waals surface area contributed by atoms with Crippen molar-refractivity contribution in [3.05, 3.63) is 205 Å². The van der Waals surface area contributed by atoms with Crippen molar-refractivity contribution in [2.45, 2.75) is 50.2 Å². The molecule has 0 unspecified atom stereocenters. The third-order valence-corrected chi connectivity index (χ3v) is 12.2. The maximum absolute atomic E-state index is 7.44. The molecule has 10 rings (SSSR count). The third kappa shape index (κ3) is 9.28. The van der Waals surface area contributed by atoms with Gasteiger partial charge in [0.05, 0.1) is 0 Å². The number of fused-ring (bicyclic) bond motifs is 7. The van der Waals surface area contributed by atoms with Crippen molar-refractivity contribution < 1.29 is 38.4 Å². The van der Waals surface area contributed by atoms with E-state index in [1.165, 1.54) is 0 Å². The van der Waals surface area contributed by atoms with E-state index >= 15 is 0 Å². The van der Waals surface area contributed by atoms with E-state index in [4.69, 9.17) is 23.3 Å². The summed E-state index contributed by atoms with van der Waals surface area (Å²) in [5.41, 5.74) is 4.39. The number of ether oxygens (including phenoxy) is 1. The second-order valence-electron chi connectivity index (χ2n) is 14.8. The van der Waals surface area contributed by atoms with E-state index in [2.05, 4.69) is 146 Å². The molecule has 0 saturated carbocycles. The molecular weight excluding hydrogens is 926 g/mol. The van der Waals surface area contributed by atoms with Crippen LogP contribution in [0.25, 0.3) is 32.7 Å². The average Bonchev–Trinajstić information content (AvgIpc) is 3.70. The molecule has 7 aromatic rings. The molecule has 0 saturated heterocycles. The first-order valence-corrected chi connectivity index (χ1v) is 21.3. The Bertz CT molecular complexity index is 2420. The Labute approximate surface area is 361 Å². The second-order valence-corrected chi connectivity index (χ2v) is 15.9. The van der Waals surface area contributed by atoms with E-state index in [-0.39, 0.29) is 26.1 Å². The van der Waals surface area contributed by atoms with Crippen LogP contribution < -0.4 is 9.05 Å². The number of benzene rings is 7. The Kier molecular flexibility index (Phi) is 13.1. The zero-order valence-corrected chi connectivity index (χ0v) is 36.1. The van der Waals surface area contributed by atoms with Crippen LogP contribution in [-0.4, -0.2) is 24.1 Å². The second kappa shape index (κ2) is 19.1. The van der Waals surface area contributed by atoms with Crippen LogP contribution in [0, 0.1) is 12.2 Å². The first kappa shape index (κ1) is 40.4. The van der Waals surface area contributed by atoms with Gasteiger partial charge in [-0.3, -0.25) is 21.2 Å². The van der Waals surface area contributed by atoms with E-state index < -0.39 is 14.2 Å². The summed E-state index contributed by atoms with van der Waals surface area (Å²) in [4.78, 5) is 5.26. The molecule has 0 fully saturated rings. The van der Waals surface area contributed by atoms with Gasteiger partial charge < -0.3 is 16.9 Å². The topological polar surface area (TPSA) is 49.3 Å². The molecule has 2 heterocycles. The molecule has 1 radical (unpaired) electrons. The normalized spacial score (nSPS) is 16.0. The minimum absolute atomic E-state index is 0. The number of rotatable bonds is 8. The zero-order chi connectivity index (χ0) is 39.0. The van der Waals surface area contributed by atoms with E-state index in [9.17, 15) is 0 Å². The molecule has 3 aliphatic rings. The molecule has 0 spiro atoms. The number of nitrogens with zero attached hydrogens (tertiary/aromatic N) is 1. The van der Waals surface area contributed by atoms with Crippen LogP contribution in [0.4, 0.5) is 0 Å². The molecule has 5 nitrogen and oxygen atoms in total. The van der Waals surface area contributed by atoms with Crippen LogP contribution in [0.1, 0.15) is 42.4 Å². The van der Waals surface area contributed by atoms with Crippen LogP contribution in [0.3, 0.4) is 0 Å². The van der Waals surface area contributed by atoms with Crippen molar-refractivity contribution >= 4 is 36.0 Å². The van der Waals surface area contributed by atoms with Crippen molar-refractivity contribution in [3.8, 4) is 22.6 Å². The number of aliphatic imine (C=N–C) groups is 1. The fourth-order valence-corrected chi connectivity index (χ4v) is 9.46. The van der Waals surface area contributed by atoms with Gasteiger partial charge in [0.25, 0.3) is 0 Å². The number of hydrogen-bond acceptors (Lipinski definition) is 5. The summed E-state index contributed by atoms with van der Waals surface area (Å²) in [5, 5.41) is 4.49. The van der Waals surface area contributed by atoms with Crippen molar-refractivity contribution in [1.29, 1.82) is 0 Å². The first-order valence-electron chi connectivity index (χ1n) is 20.1. The maximum atomic E-state index is 7.44. The number of allylic oxidation sites excluding steroid dienone is 4. The van der Waals surface area contributed by atoms with Crippen LogP contribution in [0.5, 0.6) is 11.5 Å². The van der Waals surface area contributed by atoms with Gasteiger partial charge in [-0.1, -0.05) is 152 Å². The van der Waals surface area contributed by atoms with Gasteiger partial charge in [0, 0.05) is 49.6 Å². The predicted molar refractivity (Wildman–Crippen MR) is 237 cm³/mol. The van der Waals surface area contributed by atoms with Gasteiger partial charge in [0.15, 0.2) is 17.1 Å². The molecule has 0 amide bonds. The van der Waals surface area contributed by atoms with E-state index in [0.717, 1.165) is 86.5 Å². The third-order valence-electron chi connectivity index (χ3n) is 10.8. The molecule has 0 bridgehead atoms. The van der Waals surface area contributed by atoms with Crippen LogP contribution in [-0.2, 0) is 42.2 Å². The Morgan fingerprint density at radius 2 is 1.05 bits per heavy atom. The molecule has 1 atom stereocenters. The predicted octanol–water partition coefficient (Wildman–Crippen LogP) is 12.8. The first-order chi connectivity index (χ1) is 28.7. The molecule has 7 heteroatoms. The molecule has 59 heavy (non-hydrogen) atoms. The molecule has 0 N–H and O–H groups in total. The summed E-state index contributed by atoms with van der Waals surface area (Å²) in [6, 6.07) is 56.0. The fourth-order valence-electron chi connectivity index (χ4n) is 8.02. The van der Waals surface area contributed by atoms with Gasteiger partial charge in [-0.2, -0.15) is 17.4 Å². The van der Waals surface area contributed by atoms with Crippen molar-refractivity contribution in [2.75, 3.05) is 6.61 Å². The minimum Gasteiger partial charge on any atom is -0.500 e. The fraction of sp³-hybridized carbons (Fsp3) is 0.173. The summed E-state index contributed by atoms with van der Waals surface area (Å²) in [7, 11) is -2.48. The standard InChI is InChI=1S/C44H35NO4P.C8H10.Ir/c1-4-14-31(15-5-1)28-44(29-32-16-6-2-7-17-32,40-30-46-43(45-40)35-20-8-3-9-21-35)49-50-47-38-26-24-33-18-10-12-22-36(33)41(38)42-37-23-13-11-19-34(37)25-27-39(42)48-50;1-2-4-6-8-7-5-3-1;/h1-27,40,50H,28-30H2;1,8H,2,4-5,7H2;/q+1;-2;/t40-;;/m1../s1. The summed E-state index contributed by atoms with van der Waals surface area (Å²) >= 11 is 0. The largest absolute Gasteiger partial charge is 0.500 e. The Balaban J connectivity index is 0.000000484. The quantitative estimate of drug-likeness (QED) is 0.112. The van der Waals surface area contributed by atoms with E-state index in [1.807, 2.05) is 42.5 Å². The summed E-state index contributed by atoms with van der Waals surface area (Å²) in [6.07, 6.45) is 16.2. The van der Waals surface area contributed by atoms with Crippen LogP contribution in [0.2, 0.25) is 0 Å². The molecule has 2 aliphatic heterocycles. The van der Waals surface area contributed by atoms with Crippen molar-refractivity contribution in [1.82, 2.24) is 0 Å². The molecule has 297 valence electrons. The maximum Gasteiger partial charge on any atom is 0.486 e. The molecular formula is C52H45IrNO4P-. The van der Waals surface area contributed by atoms with Crippen LogP contribution in [0.15, 0.2) is 181 Å². The smallest absolute Gasteiger partial charge is 0.486 e. The number of hydrogen-bond donors (Lipinski definition) is 0. The zero-order valence-electron chi connectivity index (χ0n) is 32.7. The van der Waals surface area contributed by atoms with Gasteiger partial charge in [-0.25, -0.2) is 4.99 Å². The van der Waals surface area contributed by atoms with Gasteiger partial charge in [0.2, 0.25) is 5.90 Å². The van der Waals surface area contributed by atoms with Gasteiger partial charge in [-0.05, 0) is 56.9 Å². The SMILES string of the molecule is [C-]1=CCC[C-]=CCC1.[Ir].c1ccc(CC(Cc2ccccc2)(O[PH+]2Oc3ccc4ccccc4c3-c3c(ccc4ccccc34)O2)[C@H]2COC(c3ccccc3)=N2)cc1. The Hall–Kier alpha value is -5.35. The summed E-state index contributed by atoms with van der Waals surface area (Å²) < 4.78 is 27.7. The van der Waals surface area contributed by atoms with Crippen molar-refractivity contribution in [3.63, 3.8) is 0 Å². The summed E-state index contributed by atoms with van der Waals surface area (Å²) in [6.45, 7) is 0.376.